The summed E-state index contributed by atoms with van der Waals surface area (Å²) in [4.78, 5) is 26.5. The monoisotopic (exact) mass is 340 g/mol. The van der Waals surface area contributed by atoms with E-state index in [0.717, 1.165) is 23.5 Å². The van der Waals surface area contributed by atoms with Crippen LogP contribution in [0.1, 0.15) is 30.2 Å². The first-order valence-corrected chi connectivity index (χ1v) is 8.53. The minimum Gasteiger partial charge on any atom is -0.493 e. The fourth-order valence-electron chi connectivity index (χ4n) is 3.47. The van der Waals surface area contributed by atoms with Crippen LogP contribution in [-0.2, 0) is 16.1 Å². The number of nitrogens with zero attached hydrogens (tertiary/aromatic N) is 1. The van der Waals surface area contributed by atoms with E-state index in [2.05, 4.69) is 5.32 Å². The number of hydrogen-bond donors (Lipinski definition) is 1. The number of hydrogen-bond acceptors (Lipinski definition) is 4. The van der Waals surface area contributed by atoms with E-state index in [-0.39, 0.29) is 30.2 Å². The average molecular weight is 340 g/mol. The lowest BCUT2D eigenvalue weighted by atomic mass is 9.99. The number of nitrogens with one attached hydrogen (secondary N) is 1. The molecule has 2 aliphatic heterocycles. The number of likely N-dealkylation sites (tertiary alicyclic amines) is 1. The predicted molar refractivity (Wildman–Crippen MR) is 89.7 cm³/mol. The molecule has 2 unspecified atom stereocenters. The van der Waals surface area contributed by atoms with E-state index in [1.807, 2.05) is 30.3 Å². The highest BCUT2D eigenvalue weighted by Crippen LogP contribution is 2.32. The fraction of sp³-hybridized carbons (Fsp3) is 0.368. The molecule has 0 spiro atoms. The summed E-state index contributed by atoms with van der Waals surface area (Å²) < 4.78 is 10.9. The van der Waals surface area contributed by atoms with Crippen LogP contribution in [0.15, 0.2) is 47.1 Å². The van der Waals surface area contributed by atoms with E-state index in [1.165, 1.54) is 0 Å². The lowest BCUT2D eigenvalue weighted by Gasteiger charge is -2.27. The molecule has 6 nitrogen and oxygen atoms in total. The van der Waals surface area contributed by atoms with E-state index in [9.17, 15) is 9.59 Å². The minimum atomic E-state index is -0.322. The second-order valence-electron chi connectivity index (χ2n) is 6.49. The molecule has 130 valence electrons. The van der Waals surface area contributed by atoms with Crippen molar-refractivity contribution in [2.45, 2.75) is 25.4 Å². The molecule has 1 fully saturated rings. The van der Waals surface area contributed by atoms with Gasteiger partial charge in [-0.05, 0) is 18.2 Å². The summed E-state index contributed by atoms with van der Waals surface area (Å²) in [5, 5.41) is 3.10. The molecular weight excluding hydrogens is 320 g/mol. The number of furan rings is 1. The van der Waals surface area contributed by atoms with Gasteiger partial charge in [0.25, 0.3) is 0 Å². The van der Waals surface area contributed by atoms with Crippen LogP contribution < -0.4 is 10.1 Å². The Labute approximate surface area is 145 Å². The summed E-state index contributed by atoms with van der Waals surface area (Å²) >= 11 is 0. The number of ether oxygens (including phenoxy) is 1. The van der Waals surface area contributed by atoms with Gasteiger partial charge in [-0.15, -0.1) is 0 Å². The molecule has 4 rings (SSSR count). The Morgan fingerprint density at radius 2 is 2.12 bits per heavy atom. The third-order valence-electron chi connectivity index (χ3n) is 4.79. The molecule has 0 bridgehead atoms. The largest absolute Gasteiger partial charge is 0.493 e. The predicted octanol–water partition coefficient (Wildman–Crippen LogP) is 2.27. The first-order valence-electron chi connectivity index (χ1n) is 8.53. The van der Waals surface area contributed by atoms with E-state index in [0.29, 0.717) is 19.7 Å². The zero-order valence-electron chi connectivity index (χ0n) is 13.8. The van der Waals surface area contributed by atoms with Crippen molar-refractivity contribution in [3.05, 3.63) is 54.0 Å². The van der Waals surface area contributed by atoms with Crippen molar-refractivity contribution in [1.29, 1.82) is 0 Å². The van der Waals surface area contributed by atoms with Crippen molar-refractivity contribution in [2.24, 2.45) is 5.92 Å². The number of amides is 2. The topological polar surface area (TPSA) is 71.8 Å². The van der Waals surface area contributed by atoms with E-state index in [1.54, 1.807) is 17.2 Å². The van der Waals surface area contributed by atoms with Gasteiger partial charge in [-0.3, -0.25) is 9.59 Å². The summed E-state index contributed by atoms with van der Waals surface area (Å²) in [7, 11) is 0. The number of rotatable bonds is 4. The van der Waals surface area contributed by atoms with Crippen LogP contribution in [0.2, 0.25) is 0 Å². The molecule has 1 aromatic heterocycles. The fourth-order valence-corrected chi connectivity index (χ4v) is 3.47. The van der Waals surface area contributed by atoms with Crippen LogP contribution >= 0.6 is 0 Å². The number of carbonyl (C=O) groups is 2. The lowest BCUT2D eigenvalue weighted by Crippen LogP contribution is -2.37. The molecule has 1 N–H and O–H groups in total. The van der Waals surface area contributed by atoms with E-state index in [4.69, 9.17) is 9.15 Å². The van der Waals surface area contributed by atoms with Crippen LogP contribution in [0.25, 0.3) is 0 Å². The molecule has 0 saturated carbocycles. The molecule has 6 heteroatoms. The van der Waals surface area contributed by atoms with Gasteiger partial charge in [-0.1, -0.05) is 18.2 Å². The molecule has 1 aromatic carbocycles. The van der Waals surface area contributed by atoms with Crippen molar-refractivity contribution in [2.75, 3.05) is 13.2 Å². The van der Waals surface area contributed by atoms with Crippen molar-refractivity contribution >= 4 is 11.8 Å². The average Bonchev–Trinajstić information content (AvgIpc) is 3.26. The Morgan fingerprint density at radius 3 is 2.96 bits per heavy atom. The van der Waals surface area contributed by atoms with Crippen LogP contribution in [0.3, 0.4) is 0 Å². The van der Waals surface area contributed by atoms with E-state index >= 15 is 0 Å². The number of benzene rings is 1. The summed E-state index contributed by atoms with van der Waals surface area (Å²) in [6.45, 7) is 1.42. The van der Waals surface area contributed by atoms with Crippen molar-refractivity contribution in [1.82, 2.24) is 10.2 Å². The maximum absolute atomic E-state index is 12.7. The number of para-hydroxylation sites is 1. The van der Waals surface area contributed by atoms with Crippen molar-refractivity contribution < 1.29 is 18.7 Å². The highest BCUT2D eigenvalue weighted by atomic mass is 16.5. The third kappa shape index (κ3) is 3.24. The van der Waals surface area contributed by atoms with E-state index < -0.39 is 0 Å². The first kappa shape index (κ1) is 15.7. The molecule has 3 heterocycles. The van der Waals surface area contributed by atoms with Gasteiger partial charge in [0.1, 0.15) is 11.5 Å². The highest BCUT2D eigenvalue weighted by molar-refractivity contribution is 5.89. The zero-order valence-corrected chi connectivity index (χ0v) is 13.8. The smallest absolute Gasteiger partial charge is 0.225 e. The Bertz CT molecular complexity index is 771. The molecular formula is C19H20N2O4. The third-order valence-corrected chi connectivity index (χ3v) is 4.79. The Morgan fingerprint density at radius 1 is 1.24 bits per heavy atom. The van der Waals surface area contributed by atoms with Gasteiger partial charge in [-0.25, -0.2) is 0 Å². The molecule has 2 aliphatic rings. The van der Waals surface area contributed by atoms with Crippen molar-refractivity contribution in [3.63, 3.8) is 0 Å². The number of carbonyl (C=O) groups excluding carboxylic acids is 2. The summed E-state index contributed by atoms with van der Waals surface area (Å²) in [6.07, 6.45) is 2.57. The molecule has 25 heavy (non-hydrogen) atoms. The number of fused-ring (bicyclic) bond motifs is 1. The van der Waals surface area contributed by atoms with Gasteiger partial charge < -0.3 is 19.4 Å². The molecule has 2 atom stereocenters. The van der Waals surface area contributed by atoms with Gasteiger partial charge in [-0.2, -0.15) is 0 Å². The summed E-state index contributed by atoms with van der Waals surface area (Å²) in [6, 6.07) is 11.3. The Balaban J connectivity index is 1.40. The van der Waals surface area contributed by atoms with Gasteiger partial charge in [0.15, 0.2) is 0 Å². The maximum atomic E-state index is 12.7. The van der Waals surface area contributed by atoms with Gasteiger partial charge >= 0.3 is 0 Å². The van der Waals surface area contributed by atoms with Crippen molar-refractivity contribution in [3.8, 4) is 5.75 Å². The Hall–Kier alpha value is -2.76. The second kappa shape index (κ2) is 6.63. The normalized spacial score (nSPS) is 22.4. The van der Waals surface area contributed by atoms with Gasteiger partial charge in [0.2, 0.25) is 11.8 Å². The molecule has 0 radical (unpaired) electrons. The minimum absolute atomic E-state index is 0.0103. The molecule has 2 amide bonds. The van der Waals surface area contributed by atoms with Crippen LogP contribution in [0, 0.1) is 5.92 Å². The quantitative estimate of drug-likeness (QED) is 0.927. The van der Waals surface area contributed by atoms with Gasteiger partial charge in [0, 0.05) is 24.9 Å². The summed E-state index contributed by atoms with van der Waals surface area (Å²) in [5.41, 5.74) is 0.999. The Kier molecular flexibility index (Phi) is 4.17. The van der Waals surface area contributed by atoms with Crippen LogP contribution in [0.4, 0.5) is 0 Å². The van der Waals surface area contributed by atoms with Gasteiger partial charge in [0.05, 0.1) is 31.4 Å². The van der Waals surface area contributed by atoms with Crippen LogP contribution in [0.5, 0.6) is 5.75 Å². The summed E-state index contributed by atoms with van der Waals surface area (Å²) in [5.74, 6) is 1.15. The van der Waals surface area contributed by atoms with Crippen LogP contribution in [-0.4, -0.2) is 29.9 Å². The maximum Gasteiger partial charge on any atom is 0.225 e. The molecule has 0 aliphatic carbocycles. The highest BCUT2D eigenvalue weighted by Gasteiger charge is 2.36. The zero-order chi connectivity index (χ0) is 17.2. The SMILES string of the molecule is O=C(NC1CCOc2ccccc21)C1CC(=O)N(Cc2ccco2)C1. The molecule has 2 aromatic rings. The second-order valence-corrected chi connectivity index (χ2v) is 6.49. The standard InChI is InChI=1S/C19H20N2O4/c22-18-10-13(11-21(18)12-14-4-3-8-24-14)19(23)20-16-7-9-25-17-6-2-1-5-15(16)17/h1-6,8,13,16H,7,9-12H2,(H,20,23). The molecule has 1 saturated heterocycles. The lowest BCUT2D eigenvalue weighted by molar-refractivity contribution is -0.129. The first-order chi connectivity index (χ1) is 12.2.